The predicted molar refractivity (Wildman–Crippen MR) is 69.8 cm³/mol. The Morgan fingerprint density at radius 2 is 1.81 bits per heavy atom. The smallest absolute Gasteiger partial charge is 0.119 e. The van der Waals surface area contributed by atoms with Crippen molar-refractivity contribution in [2.24, 2.45) is 4.99 Å². The summed E-state index contributed by atoms with van der Waals surface area (Å²) in [6.07, 6.45) is 2.07. The largest absolute Gasteiger partial charge is 0.494 e. The molecule has 0 aromatic heterocycles. The van der Waals surface area contributed by atoms with Gasteiger partial charge in [0.2, 0.25) is 0 Å². The highest BCUT2D eigenvalue weighted by atomic mass is 16.5. The van der Waals surface area contributed by atoms with Gasteiger partial charge in [-0.05, 0) is 58.0 Å². The van der Waals surface area contributed by atoms with E-state index in [0.29, 0.717) is 6.61 Å². The Hall–Kier alpha value is -1.57. The van der Waals surface area contributed by atoms with Crippen molar-refractivity contribution in [3.05, 3.63) is 35.9 Å². The van der Waals surface area contributed by atoms with Gasteiger partial charge in [-0.25, -0.2) is 0 Å². The van der Waals surface area contributed by atoms with E-state index in [1.54, 1.807) is 0 Å². The first-order valence-electron chi connectivity index (χ1n) is 5.55. The van der Waals surface area contributed by atoms with Gasteiger partial charge in [0.1, 0.15) is 5.75 Å². The molecule has 0 radical (unpaired) electrons. The van der Waals surface area contributed by atoms with E-state index in [1.807, 2.05) is 38.1 Å². The number of rotatable bonds is 4. The van der Waals surface area contributed by atoms with E-state index < -0.39 is 0 Å². The van der Waals surface area contributed by atoms with Crippen molar-refractivity contribution in [2.45, 2.75) is 27.7 Å². The number of hydrogen-bond acceptors (Lipinski definition) is 2. The minimum absolute atomic E-state index is 0.694. The molecule has 16 heavy (non-hydrogen) atoms. The molecule has 0 aliphatic heterocycles. The van der Waals surface area contributed by atoms with Gasteiger partial charge in [0.05, 0.1) is 12.3 Å². The second-order valence-corrected chi connectivity index (χ2v) is 3.90. The van der Waals surface area contributed by atoms with Crippen LogP contribution in [0.2, 0.25) is 0 Å². The van der Waals surface area contributed by atoms with Crippen LogP contribution in [-0.2, 0) is 0 Å². The molecule has 0 aliphatic rings. The van der Waals surface area contributed by atoms with E-state index in [4.69, 9.17) is 4.74 Å². The Morgan fingerprint density at radius 1 is 1.19 bits per heavy atom. The lowest BCUT2D eigenvalue weighted by molar-refractivity contribution is 0.340. The number of nitrogens with zero attached hydrogens (tertiary/aromatic N) is 1. The average Bonchev–Trinajstić information content (AvgIpc) is 2.20. The predicted octanol–water partition coefficient (Wildman–Crippen LogP) is 4.14. The van der Waals surface area contributed by atoms with Crippen LogP contribution in [0.3, 0.4) is 0 Å². The number of hydrogen-bond donors (Lipinski definition) is 0. The molecule has 2 heteroatoms. The maximum atomic E-state index is 5.37. The summed E-state index contributed by atoms with van der Waals surface area (Å²) in [7, 11) is 0. The van der Waals surface area contributed by atoms with Crippen LogP contribution in [0.5, 0.6) is 5.75 Å². The SMILES string of the molecule is CCOc1ccc(N=C(C)C=C(C)C)cc1. The Labute approximate surface area is 97.7 Å². The highest BCUT2D eigenvalue weighted by Crippen LogP contribution is 2.18. The fraction of sp³-hybridized carbons (Fsp3) is 0.357. The summed E-state index contributed by atoms with van der Waals surface area (Å²) in [6.45, 7) is 8.81. The van der Waals surface area contributed by atoms with E-state index in [9.17, 15) is 0 Å². The lowest BCUT2D eigenvalue weighted by Gasteiger charge is -2.02. The highest BCUT2D eigenvalue weighted by Gasteiger charge is 1.93. The van der Waals surface area contributed by atoms with Crippen LogP contribution in [0.4, 0.5) is 5.69 Å². The summed E-state index contributed by atoms with van der Waals surface area (Å²) >= 11 is 0. The second-order valence-electron chi connectivity index (χ2n) is 3.90. The van der Waals surface area contributed by atoms with Gasteiger partial charge in [0.15, 0.2) is 0 Å². The first kappa shape index (κ1) is 12.5. The lowest BCUT2D eigenvalue weighted by atomic mass is 10.2. The quantitative estimate of drug-likeness (QED) is 0.694. The molecule has 86 valence electrons. The number of ether oxygens (including phenoxy) is 1. The molecule has 0 unspecified atom stereocenters. The van der Waals surface area contributed by atoms with Gasteiger partial charge >= 0.3 is 0 Å². The fourth-order valence-corrected chi connectivity index (χ4v) is 1.44. The molecule has 0 N–H and O–H groups in total. The number of benzene rings is 1. The Morgan fingerprint density at radius 3 is 2.31 bits per heavy atom. The van der Waals surface area contributed by atoms with Crippen LogP contribution in [-0.4, -0.2) is 12.3 Å². The zero-order valence-corrected chi connectivity index (χ0v) is 10.4. The van der Waals surface area contributed by atoms with Crippen molar-refractivity contribution in [3.63, 3.8) is 0 Å². The molecule has 0 saturated heterocycles. The molecule has 0 amide bonds. The summed E-state index contributed by atoms with van der Waals surface area (Å²) in [5.41, 5.74) is 3.23. The maximum absolute atomic E-state index is 5.37. The minimum atomic E-state index is 0.694. The molecule has 1 rings (SSSR count). The zero-order chi connectivity index (χ0) is 12.0. The molecule has 1 aromatic carbocycles. The molecule has 2 nitrogen and oxygen atoms in total. The van der Waals surface area contributed by atoms with Gasteiger partial charge in [0.25, 0.3) is 0 Å². The second kappa shape index (κ2) is 6.11. The first-order valence-corrected chi connectivity index (χ1v) is 5.55. The molecular weight excluding hydrogens is 198 g/mol. The zero-order valence-electron chi connectivity index (χ0n) is 10.4. The van der Waals surface area contributed by atoms with Crippen LogP contribution in [0.25, 0.3) is 0 Å². The third-order valence-electron chi connectivity index (χ3n) is 1.95. The molecule has 0 aliphatic carbocycles. The van der Waals surface area contributed by atoms with Crippen molar-refractivity contribution in [1.82, 2.24) is 0 Å². The third-order valence-corrected chi connectivity index (χ3v) is 1.95. The Bertz CT molecular complexity index is 384. The summed E-state index contributed by atoms with van der Waals surface area (Å²) in [5.74, 6) is 0.890. The van der Waals surface area contributed by atoms with Gasteiger partial charge in [-0.2, -0.15) is 0 Å². The van der Waals surface area contributed by atoms with Crippen LogP contribution in [0.1, 0.15) is 27.7 Å². The number of aliphatic imine (C=N–C) groups is 1. The first-order chi connectivity index (χ1) is 7.61. The van der Waals surface area contributed by atoms with Crippen molar-refractivity contribution in [1.29, 1.82) is 0 Å². The van der Waals surface area contributed by atoms with Gasteiger partial charge < -0.3 is 4.74 Å². The van der Waals surface area contributed by atoms with Crippen molar-refractivity contribution >= 4 is 11.4 Å². The van der Waals surface area contributed by atoms with Crippen LogP contribution in [0, 0.1) is 0 Å². The van der Waals surface area contributed by atoms with Crippen LogP contribution < -0.4 is 4.74 Å². The average molecular weight is 217 g/mol. The Balaban J connectivity index is 2.78. The maximum Gasteiger partial charge on any atom is 0.119 e. The molecule has 0 saturated carbocycles. The summed E-state index contributed by atoms with van der Waals surface area (Å²) < 4.78 is 5.37. The molecule has 0 heterocycles. The van der Waals surface area contributed by atoms with Crippen molar-refractivity contribution in [3.8, 4) is 5.75 Å². The third kappa shape index (κ3) is 4.30. The van der Waals surface area contributed by atoms with E-state index in [-0.39, 0.29) is 0 Å². The normalized spacial score (nSPS) is 11.1. The van der Waals surface area contributed by atoms with E-state index in [0.717, 1.165) is 17.1 Å². The lowest BCUT2D eigenvalue weighted by Crippen LogP contribution is -1.90. The van der Waals surface area contributed by atoms with Gasteiger partial charge in [-0.15, -0.1) is 0 Å². The van der Waals surface area contributed by atoms with Gasteiger partial charge in [0, 0.05) is 5.71 Å². The summed E-state index contributed by atoms with van der Waals surface area (Å²) in [6, 6.07) is 7.82. The highest BCUT2D eigenvalue weighted by molar-refractivity contribution is 5.95. The summed E-state index contributed by atoms with van der Waals surface area (Å²) in [5, 5.41) is 0. The van der Waals surface area contributed by atoms with Gasteiger partial charge in [-0.1, -0.05) is 5.57 Å². The summed E-state index contributed by atoms with van der Waals surface area (Å²) in [4.78, 5) is 4.49. The minimum Gasteiger partial charge on any atom is -0.494 e. The van der Waals surface area contributed by atoms with Gasteiger partial charge in [-0.3, -0.25) is 4.99 Å². The Kier molecular flexibility index (Phi) is 4.77. The fourth-order valence-electron chi connectivity index (χ4n) is 1.44. The molecular formula is C14H19NO. The number of allylic oxidation sites excluding steroid dienone is 2. The topological polar surface area (TPSA) is 21.6 Å². The van der Waals surface area contributed by atoms with E-state index in [1.165, 1.54) is 5.57 Å². The molecule has 0 atom stereocenters. The molecule has 0 fully saturated rings. The van der Waals surface area contributed by atoms with Crippen molar-refractivity contribution < 1.29 is 4.74 Å². The molecule has 0 bridgehead atoms. The standard InChI is InChI=1S/C14H19NO/c1-5-16-14-8-6-13(7-9-14)15-12(4)10-11(2)3/h6-10H,5H2,1-4H3. The molecule has 0 spiro atoms. The molecule has 1 aromatic rings. The van der Waals surface area contributed by atoms with Crippen molar-refractivity contribution in [2.75, 3.05) is 6.61 Å². The van der Waals surface area contributed by atoms with Crippen LogP contribution >= 0.6 is 0 Å². The van der Waals surface area contributed by atoms with E-state index >= 15 is 0 Å². The van der Waals surface area contributed by atoms with Crippen LogP contribution in [0.15, 0.2) is 40.9 Å². The monoisotopic (exact) mass is 217 g/mol. The van der Waals surface area contributed by atoms with E-state index in [2.05, 4.69) is 24.9 Å².